The zero-order chi connectivity index (χ0) is 25.7. The number of hydrogen-bond donors (Lipinski definition) is 3. The first-order valence-corrected chi connectivity index (χ1v) is 12.2. The Bertz CT molecular complexity index is 1380. The molecule has 9 heteroatoms. The number of ketones is 1. The number of aromatic nitrogens is 1. The van der Waals surface area contributed by atoms with E-state index in [1.54, 1.807) is 13.2 Å². The zero-order valence-electron chi connectivity index (χ0n) is 19.5. The fraction of sp³-hybridized carbons (Fsp3) is 0.222. The molecule has 1 aromatic heterocycles. The fourth-order valence-electron chi connectivity index (χ4n) is 4.25. The SMILES string of the molecule is COc1ccc2nc(Nc3ccc(-c4ccc(C(=O)C5CCCC5)cc4)cc3F)sc2c1.O=C(O)O. The Labute approximate surface area is 211 Å². The Kier molecular flexibility index (Phi) is 7.80. The molecule has 3 N–H and O–H groups in total. The number of nitrogens with zero attached hydrogens (tertiary/aromatic N) is 1. The molecule has 36 heavy (non-hydrogen) atoms. The van der Waals surface area contributed by atoms with Crippen LogP contribution in [-0.2, 0) is 0 Å². The molecule has 0 bridgehead atoms. The lowest BCUT2D eigenvalue weighted by molar-refractivity contribution is 0.0922. The number of methoxy groups -OCH3 is 1. The topological polar surface area (TPSA) is 109 Å². The molecule has 186 valence electrons. The van der Waals surface area contributed by atoms with E-state index in [1.165, 1.54) is 17.4 Å². The number of carbonyl (C=O) groups excluding carboxylic acids is 1. The Morgan fingerprint density at radius 3 is 2.31 bits per heavy atom. The molecular weight excluding hydrogens is 483 g/mol. The molecule has 5 rings (SSSR count). The van der Waals surface area contributed by atoms with E-state index >= 15 is 0 Å². The summed E-state index contributed by atoms with van der Waals surface area (Å²) < 4.78 is 21.1. The van der Waals surface area contributed by atoms with Crippen molar-refractivity contribution < 1.29 is 28.9 Å². The molecule has 0 aliphatic heterocycles. The molecule has 1 heterocycles. The monoisotopic (exact) mass is 508 g/mol. The van der Waals surface area contributed by atoms with Crippen molar-refractivity contribution in [2.75, 3.05) is 12.4 Å². The third-order valence-corrected chi connectivity index (χ3v) is 6.97. The number of benzene rings is 3. The Balaban J connectivity index is 0.000000709. The average molecular weight is 509 g/mol. The summed E-state index contributed by atoms with van der Waals surface area (Å²) in [4.78, 5) is 25.7. The highest BCUT2D eigenvalue weighted by atomic mass is 32.1. The van der Waals surface area contributed by atoms with Gasteiger partial charge in [0, 0.05) is 11.5 Å². The van der Waals surface area contributed by atoms with Crippen molar-refractivity contribution in [3.63, 3.8) is 0 Å². The van der Waals surface area contributed by atoms with E-state index in [1.807, 2.05) is 48.5 Å². The Morgan fingerprint density at radius 2 is 1.67 bits per heavy atom. The third-order valence-electron chi connectivity index (χ3n) is 6.04. The molecule has 1 fully saturated rings. The molecule has 0 spiro atoms. The minimum absolute atomic E-state index is 0.159. The lowest BCUT2D eigenvalue weighted by Gasteiger charge is -2.10. The molecule has 0 radical (unpaired) electrons. The van der Waals surface area contributed by atoms with E-state index in [2.05, 4.69) is 10.3 Å². The van der Waals surface area contributed by atoms with Gasteiger partial charge in [-0.2, -0.15) is 0 Å². The maximum atomic E-state index is 14.8. The van der Waals surface area contributed by atoms with Gasteiger partial charge in [0.2, 0.25) is 0 Å². The van der Waals surface area contributed by atoms with Gasteiger partial charge in [0.05, 0.1) is 23.0 Å². The van der Waals surface area contributed by atoms with Gasteiger partial charge in [0.25, 0.3) is 0 Å². The van der Waals surface area contributed by atoms with E-state index in [-0.39, 0.29) is 17.5 Å². The standard InChI is InChI=1S/C26H23FN2O2S.CH2O3/c1-31-20-11-13-23-24(15-20)32-26(29-23)28-22-12-10-19(14-21(22)27)16-6-8-18(9-7-16)25(30)17-4-2-3-5-17;2-1(3)4/h6-15,17H,2-5H2,1H3,(H,28,29);(H2,2,3,4). The second kappa shape index (κ2) is 11.2. The summed E-state index contributed by atoms with van der Waals surface area (Å²) in [5.41, 5.74) is 3.59. The van der Waals surface area contributed by atoms with Crippen molar-refractivity contribution in [3.05, 3.63) is 72.0 Å². The predicted molar refractivity (Wildman–Crippen MR) is 138 cm³/mol. The first-order chi connectivity index (χ1) is 17.3. The second-order valence-corrected chi connectivity index (χ2v) is 9.41. The minimum Gasteiger partial charge on any atom is -0.497 e. The van der Waals surface area contributed by atoms with Gasteiger partial charge < -0.3 is 20.3 Å². The van der Waals surface area contributed by atoms with Crippen LogP contribution in [0.1, 0.15) is 36.0 Å². The molecule has 1 saturated carbocycles. The maximum Gasteiger partial charge on any atom is 0.503 e. The summed E-state index contributed by atoms with van der Waals surface area (Å²) in [6.45, 7) is 0. The Morgan fingerprint density at radius 1 is 1.00 bits per heavy atom. The number of carbonyl (C=O) groups is 2. The van der Waals surface area contributed by atoms with Gasteiger partial charge in [-0.25, -0.2) is 14.2 Å². The summed E-state index contributed by atoms with van der Waals surface area (Å²) in [6.07, 6.45) is 2.42. The number of fused-ring (bicyclic) bond motifs is 1. The smallest absolute Gasteiger partial charge is 0.497 e. The normalized spacial score (nSPS) is 13.2. The largest absolute Gasteiger partial charge is 0.503 e. The first-order valence-electron chi connectivity index (χ1n) is 11.4. The maximum absolute atomic E-state index is 14.8. The molecule has 0 unspecified atom stereocenters. The number of thiazole rings is 1. The van der Waals surface area contributed by atoms with Crippen LogP contribution >= 0.6 is 11.3 Å². The number of Topliss-reactive ketones (excluding diaryl/α,β-unsaturated/α-hetero) is 1. The molecular formula is C27H25FN2O5S. The summed E-state index contributed by atoms with van der Waals surface area (Å²) in [7, 11) is 1.62. The van der Waals surface area contributed by atoms with E-state index in [4.69, 9.17) is 19.7 Å². The van der Waals surface area contributed by atoms with Crippen molar-refractivity contribution in [1.29, 1.82) is 0 Å². The van der Waals surface area contributed by atoms with Crippen molar-refractivity contribution in [1.82, 2.24) is 4.98 Å². The quantitative estimate of drug-likeness (QED) is 0.232. The van der Waals surface area contributed by atoms with Gasteiger partial charge in [0.15, 0.2) is 10.9 Å². The van der Waals surface area contributed by atoms with E-state index in [9.17, 15) is 9.18 Å². The van der Waals surface area contributed by atoms with Gasteiger partial charge in [-0.3, -0.25) is 4.79 Å². The highest BCUT2D eigenvalue weighted by molar-refractivity contribution is 7.22. The average Bonchev–Trinajstić information content (AvgIpc) is 3.54. The van der Waals surface area contributed by atoms with Gasteiger partial charge in [-0.05, 0) is 54.3 Å². The summed E-state index contributed by atoms with van der Waals surface area (Å²) in [5, 5.41) is 17.6. The third kappa shape index (κ3) is 5.98. The number of hydrogen-bond acceptors (Lipinski definition) is 6. The number of nitrogens with one attached hydrogen (secondary N) is 1. The molecule has 0 amide bonds. The summed E-state index contributed by atoms with van der Waals surface area (Å²) in [5.74, 6) is 0.796. The van der Waals surface area contributed by atoms with Crippen LogP contribution in [0.2, 0.25) is 0 Å². The highest BCUT2D eigenvalue weighted by Crippen LogP contribution is 2.33. The van der Waals surface area contributed by atoms with Crippen LogP contribution in [0.4, 0.5) is 20.0 Å². The zero-order valence-corrected chi connectivity index (χ0v) is 20.3. The number of halogens is 1. The molecule has 1 aliphatic carbocycles. The number of ether oxygens (including phenoxy) is 1. The number of rotatable bonds is 6. The van der Waals surface area contributed by atoms with Crippen molar-refractivity contribution >= 4 is 44.3 Å². The van der Waals surface area contributed by atoms with Crippen molar-refractivity contribution in [2.24, 2.45) is 5.92 Å². The van der Waals surface area contributed by atoms with Crippen LogP contribution in [0.3, 0.4) is 0 Å². The molecule has 7 nitrogen and oxygen atoms in total. The lowest BCUT2D eigenvalue weighted by Crippen LogP contribution is -2.10. The van der Waals surface area contributed by atoms with Crippen LogP contribution in [0.15, 0.2) is 60.7 Å². The van der Waals surface area contributed by atoms with E-state index in [0.717, 1.165) is 58.3 Å². The van der Waals surface area contributed by atoms with Gasteiger partial charge in [0.1, 0.15) is 11.6 Å². The van der Waals surface area contributed by atoms with E-state index in [0.29, 0.717) is 10.8 Å². The van der Waals surface area contributed by atoms with Crippen molar-refractivity contribution in [2.45, 2.75) is 25.7 Å². The number of carboxylic acid groups (broad SMARTS) is 2. The molecule has 4 aromatic rings. The highest BCUT2D eigenvalue weighted by Gasteiger charge is 2.23. The van der Waals surface area contributed by atoms with Gasteiger partial charge in [-0.1, -0.05) is 54.5 Å². The predicted octanol–water partition coefficient (Wildman–Crippen LogP) is 7.45. The molecule has 0 atom stereocenters. The summed E-state index contributed by atoms with van der Waals surface area (Å²) >= 11 is 1.44. The summed E-state index contributed by atoms with van der Waals surface area (Å²) in [6, 6.07) is 18.3. The Hall–Kier alpha value is -3.98. The van der Waals surface area contributed by atoms with Crippen LogP contribution in [0.5, 0.6) is 5.75 Å². The van der Waals surface area contributed by atoms with Crippen molar-refractivity contribution in [3.8, 4) is 16.9 Å². The van der Waals surface area contributed by atoms with Crippen LogP contribution in [0.25, 0.3) is 21.3 Å². The van der Waals surface area contributed by atoms with Gasteiger partial charge in [-0.15, -0.1) is 0 Å². The minimum atomic E-state index is -1.83. The molecule has 1 aliphatic rings. The fourth-order valence-corrected chi connectivity index (χ4v) is 5.15. The molecule has 0 saturated heterocycles. The van der Waals surface area contributed by atoms with Crippen LogP contribution in [0, 0.1) is 11.7 Å². The van der Waals surface area contributed by atoms with Crippen LogP contribution < -0.4 is 10.1 Å². The van der Waals surface area contributed by atoms with E-state index < -0.39 is 6.16 Å². The second-order valence-electron chi connectivity index (χ2n) is 8.38. The lowest BCUT2D eigenvalue weighted by atomic mass is 9.94. The van der Waals surface area contributed by atoms with Gasteiger partial charge >= 0.3 is 6.16 Å². The first kappa shape index (κ1) is 25.1. The molecule has 3 aromatic carbocycles. The number of anilines is 2. The van der Waals surface area contributed by atoms with Crippen LogP contribution in [-0.4, -0.2) is 34.2 Å².